The van der Waals surface area contributed by atoms with Crippen molar-refractivity contribution in [3.63, 3.8) is 0 Å². The molecule has 2 N–H and O–H groups in total. The minimum atomic E-state index is -0.210. The molecule has 3 nitrogen and oxygen atoms in total. The van der Waals surface area contributed by atoms with Gasteiger partial charge in [-0.25, -0.2) is 4.79 Å². The van der Waals surface area contributed by atoms with Crippen molar-refractivity contribution < 1.29 is 4.79 Å². The summed E-state index contributed by atoms with van der Waals surface area (Å²) in [6.45, 7) is 11.3. The highest BCUT2D eigenvalue weighted by Gasteiger charge is 2.26. The van der Waals surface area contributed by atoms with Gasteiger partial charge in [0.05, 0.1) is 0 Å². The van der Waals surface area contributed by atoms with Gasteiger partial charge in [-0.05, 0) is 49.8 Å². The summed E-state index contributed by atoms with van der Waals surface area (Å²) in [4.78, 5) is 12.0. The molecule has 0 saturated heterocycles. The highest BCUT2D eigenvalue weighted by atomic mass is 79.9. The fraction of sp³-hybridized carbons (Fsp3) is 0.588. The third kappa shape index (κ3) is 8.10. The molecule has 0 aromatic heterocycles. The minimum Gasteiger partial charge on any atom is -0.338 e. The summed E-state index contributed by atoms with van der Waals surface area (Å²) in [7, 11) is 0. The van der Waals surface area contributed by atoms with E-state index in [1.807, 2.05) is 12.1 Å². The monoisotopic (exact) mass is 354 g/mol. The molecule has 0 aliphatic carbocycles. The van der Waals surface area contributed by atoms with Crippen molar-refractivity contribution in [3.05, 3.63) is 34.3 Å². The molecule has 0 saturated carbocycles. The summed E-state index contributed by atoms with van der Waals surface area (Å²) in [5, 5.41) is 5.98. The first-order valence-corrected chi connectivity index (χ1v) is 8.17. The molecule has 0 atom stereocenters. The lowest BCUT2D eigenvalue weighted by Gasteiger charge is -2.33. The van der Waals surface area contributed by atoms with Crippen LogP contribution in [0.2, 0.25) is 0 Å². The molecule has 0 aliphatic heterocycles. The van der Waals surface area contributed by atoms with Crippen molar-refractivity contribution in [2.45, 2.75) is 53.0 Å². The Morgan fingerprint density at radius 2 is 1.86 bits per heavy atom. The third-order valence-corrected chi connectivity index (χ3v) is 3.51. The molecule has 0 unspecified atom stereocenters. The van der Waals surface area contributed by atoms with Crippen LogP contribution >= 0.6 is 15.9 Å². The summed E-state index contributed by atoms with van der Waals surface area (Å²) >= 11 is 3.45. The largest absolute Gasteiger partial charge is 0.338 e. The number of halogens is 1. The lowest BCUT2D eigenvalue weighted by Crippen LogP contribution is -2.50. The van der Waals surface area contributed by atoms with E-state index in [2.05, 4.69) is 73.3 Å². The fourth-order valence-electron chi connectivity index (χ4n) is 2.73. The Balaban J connectivity index is 2.37. The number of hydrogen-bond donors (Lipinski definition) is 2. The quantitative estimate of drug-likeness (QED) is 0.802. The Morgan fingerprint density at radius 3 is 2.43 bits per heavy atom. The molecule has 118 valence electrons. The average Bonchev–Trinajstić information content (AvgIpc) is 2.24. The average molecular weight is 355 g/mol. The van der Waals surface area contributed by atoms with Gasteiger partial charge >= 0.3 is 6.03 Å². The Morgan fingerprint density at radius 1 is 1.19 bits per heavy atom. The first-order valence-electron chi connectivity index (χ1n) is 7.38. The van der Waals surface area contributed by atoms with Gasteiger partial charge in [0.1, 0.15) is 0 Å². The van der Waals surface area contributed by atoms with E-state index in [0.717, 1.165) is 17.3 Å². The molecule has 0 fully saturated rings. The minimum absolute atomic E-state index is 0.0979. The lowest BCUT2D eigenvalue weighted by molar-refractivity contribution is 0.210. The normalized spacial score (nSPS) is 12.1. The van der Waals surface area contributed by atoms with Gasteiger partial charge in [-0.1, -0.05) is 48.8 Å². The number of benzene rings is 1. The first-order chi connectivity index (χ1) is 9.57. The molecule has 0 heterocycles. The molecule has 0 aliphatic rings. The van der Waals surface area contributed by atoms with Crippen molar-refractivity contribution in [1.29, 1.82) is 0 Å². The molecule has 2 amide bonds. The van der Waals surface area contributed by atoms with E-state index >= 15 is 0 Å². The summed E-state index contributed by atoms with van der Waals surface area (Å²) < 4.78 is 1.07. The summed E-state index contributed by atoms with van der Waals surface area (Å²) in [5.74, 6) is 0. The van der Waals surface area contributed by atoms with E-state index in [1.54, 1.807) is 0 Å². The molecular weight excluding hydrogens is 328 g/mol. The molecule has 1 aromatic rings. The van der Waals surface area contributed by atoms with Crippen molar-refractivity contribution in [1.82, 2.24) is 10.6 Å². The molecular formula is C17H27BrN2O. The number of amides is 2. The van der Waals surface area contributed by atoms with Crippen LogP contribution < -0.4 is 10.6 Å². The van der Waals surface area contributed by atoms with Gasteiger partial charge in [0.25, 0.3) is 0 Å². The van der Waals surface area contributed by atoms with Crippen LogP contribution in [0.4, 0.5) is 4.79 Å². The molecule has 1 aromatic carbocycles. The Hall–Kier alpha value is -1.03. The fourth-order valence-corrected chi connectivity index (χ4v) is 3.18. The van der Waals surface area contributed by atoms with Crippen LogP contribution in [-0.2, 0) is 6.42 Å². The number of hydrogen-bond acceptors (Lipinski definition) is 1. The molecule has 21 heavy (non-hydrogen) atoms. The maximum atomic E-state index is 12.0. The van der Waals surface area contributed by atoms with Crippen LogP contribution in [0.25, 0.3) is 0 Å². The van der Waals surface area contributed by atoms with Crippen molar-refractivity contribution in [2.75, 3.05) is 6.54 Å². The number of carbonyl (C=O) groups excluding carboxylic acids is 1. The van der Waals surface area contributed by atoms with Gasteiger partial charge < -0.3 is 10.6 Å². The van der Waals surface area contributed by atoms with Crippen LogP contribution in [-0.4, -0.2) is 18.1 Å². The SMILES string of the molecule is CC(C)(C)CC(C)(C)NC(=O)NCCc1cccc(Br)c1. The number of carbonyl (C=O) groups is 1. The Bertz CT molecular complexity index is 478. The Kier molecular flexibility index (Phi) is 6.26. The predicted molar refractivity (Wildman–Crippen MR) is 92.5 cm³/mol. The second kappa shape index (κ2) is 7.30. The molecule has 0 bridgehead atoms. The van der Waals surface area contributed by atoms with Crippen LogP contribution in [0.5, 0.6) is 0 Å². The van der Waals surface area contributed by atoms with Crippen molar-refractivity contribution >= 4 is 22.0 Å². The zero-order chi connectivity index (χ0) is 16.1. The zero-order valence-electron chi connectivity index (χ0n) is 13.7. The molecule has 4 heteroatoms. The molecule has 0 spiro atoms. The van der Waals surface area contributed by atoms with E-state index in [0.29, 0.717) is 6.54 Å². The number of urea groups is 1. The van der Waals surface area contributed by atoms with E-state index in [9.17, 15) is 4.79 Å². The van der Waals surface area contributed by atoms with Crippen molar-refractivity contribution in [2.24, 2.45) is 5.41 Å². The maximum absolute atomic E-state index is 12.0. The van der Waals surface area contributed by atoms with E-state index in [4.69, 9.17) is 0 Å². The van der Waals surface area contributed by atoms with E-state index in [-0.39, 0.29) is 17.0 Å². The van der Waals surface area contributed by atoms with Gasteiger partial charge in [-0.15, -0.1) is 0 Å². The highest BCUT2D eigenvalue weighted by molar-refractivity contribution is 9.10. The second-order valence-electron chi connectivity index (χ2n) is 7.38. The van der Waals surface area contributed by atoms with Gasteiger partial charge in [0, 0.05) is 16.6 Å². The standard InChI is InChI=1S/C17H27BrN2O/c1-16(2,3)12-17(4,5)20-15(21)19-10-9-13-7-6-8-14(18)11-13/h6-8,11H,9-10,12H2,1-5H3,(H2,19,20,21). The van der Waals surface area contributed by atoms with E-state index in [1.165, 1.54) is 5.56 Å². The molecule has 0 radical (unpaired) electrons. The third-order valence-electron chi connectivity index (χ3n) is 3.01. The maximum Gasteiger partial charge on any atom is 0.315 e. The second-order valence-corrected chi connectivity index (χ2v) is 8.30. The van der Waals surface area contributed by atoms with E-state index < -0.39 is 0 Å². The molecule has 1 rings (SSSR count). The first kappa shape index (κ1) is 18.0. The van der Waals surface area contributed by atoms with Crippen LogP contribution in [0, 0.1) is 5.41 Å². The van der Waals surface area contributed by atoms with Gasteiger partial charge in [0.15, 0.2) is 0 Å². The summed E-state index contributed by atoms with van der Waals surface area (Å²) in [5.41, 5.74) is 1.18. The van der Waals surface area contributed by atoms with Crippen molar-refractivity contribution in [3.8, 4) is 0 Å². The van der Waals surface area contributed by atoms with Gasteiger partial charge in [0.2, 0.25) is 0 Å². The lowest BCUT2D eigenvalue weighted by atomic mass is 9.82. The van der Waals surface area contributed by atoms with Crippen LogP contribution in [0.15, 0.2) is 28.7 Å². The zero-order valence-corrected chi connectivity index (χ0v) is 15.3. The number of nitrogens with one attached hydrogen (secondary N) is 2. The highest BCUT2D eigenvalue weighted by Crippen LogP contribution is 2.26. The van der Waals surface area contributed by atoms with Crippen LogP contribution in [0.3, 0.4) is 0 Å². The van der Waals surface area contributed by atoms with Gasteiger partial charge in [-0.3, -0.25) is 0 Å². The topological polar surface area (TPSA) is 41.1 Å². The Labute approximate surface area is 137 Å². The predicted octanol–water partition coefficient (Wildman–Crippen LogP) is 4.51. The number of rotatable bonds is 5. The van der Waals surface area contributed by atoms with Crippen LogP contribution in [0.1, 0.15) is 46.6 Å². The summed E-state index contributed by atoms with van der Waals surface area (Å²) in [6, 6.07) is 8.04. The smallest absolute Gasteiger partial charge is 0.315 e. The summed E-state index contributed by atoms with van der Waals surface area (Å²) in [6.07, 6.45) is 1.76. The van der Waals surface area contributed by atoms with Gasteiger partial charge in [-0.2, -0.15) is 0 Å².